The highest BCUT2D eigenvalue weighted by atomic mass is 16.5. The highest BCUT2D eigenvalue weighted by Gasteiger charge is 2.34. The molecule has 1 aliphatic heterocycles. The second kappa shape index (κ2) is 6.11. The summed E-state index contributed by atoms with van der Waals surface area (Å²) < 4.78 is 11.9. The van der Waals surface area contributed by atoms with Gasteiger partial charge in [0.1, 0.15) is 6.10 Å². The Morgan fingerprint density at radius 1 is 1.09 bits per heavy atom. The molecule has 0 bridgehead atoms. The Kier molecular flexibility index (Phi) is 4.16. The maximum Gasteiger partial charge on any atom is 0.165 e. The van der Waals surface area contributed by atoms with Gasteiger partial charge in [-0.15, -0.1) is 0 Å². The number of rotatable bonds is 3. The third-order valence-corrected chi connectivity index (χ3v) is 4.73. The Hall–Kier alpha value is -2.22. The molecule has 2 heteroatoms. The molecule has 120 valence electrons. The summed E-state index contributed by atoms with van der Waals surface area (Å²) in [5, 5.41) is 0. The van der Waals surface area contributed by atoms with Crippen molar-refractivity contribution in [3.05, 3.63) is 64.2 Å². The van der Waals surface area contributed by atoms with Gasteiger partial charge in [0.25, 0.3) is 0 Å². The van der Waals surface area contributed by atoms with E-state index in [1.165, 1.54) is 22.3 Å². The van der Waals surface area contributed by atoms with Crippen LogP contribution in [-0.2, 0) is 0 Å². The number of fused-ring (bicyclic) bond motifs is 1. The fourth-order valence-corrected chi connectivity index (χ4v) is 3.24. The van der Waals surface area contributed by atoms with Crippen LogP contribution in [0.3, 0.4) is 0 Å². The molecule has 0 N–H and O–H groups in total. The summed E-state index contributed by atoms with van der Waals surface area (Å²) in [6.45, 7) is 8.54. The van der Waals surface area contributed by atoms with Crippen molar-refractivity contribution in [3.8, 4) is 11.5 Å². The molecule has 1 heterocycles. The Balaban J connectivity index is 2.03. The molecular weight excluding hydrogens is 284 g/mol. The average Bonchev–Trinajstić information content (AvgIpc) is 2.87. The summed E-state index contributed by atoms with van der Waals surface area (Å²) in [5.74, 6) is 2.00. The predicted octanol–water partition coefficient (Wildman–Crippen LogP) is 5.58. The maximum atomic E-state index is 6.31. The van der Waals surface area contributed by atoms with Crippen molar-refractivity contribution in [1.82, 2.24) is 0 Å². The zero-order chi connectivity index (χ0) is 16.6. The summed E-state index contributed by atoms with van der Waals surface area (Å²) in [5.41, 5.74) is 6.21. The van der Waals surface area contributed by atoms with Gasteiger partial charge in [-0.3, -0.25) is 0 Å². The van der Waals surface area contributed by atoms with E-state index >= 15 is 0 Å². The first kappa shape index (κ1) is 15.7. The van der Waals surface area contributed by atoms with Crippen molar-refractivity contribution < 1.29 is 9.47 Å². The fraction of sp³-hybridized carbons (Fsp3) is 0.333. The van der Waals surface area contributed by atoms with Crippen LogP contribution >= 0.6 is 0 Å². The van der Waals surface area contributed by atoms with E-state index in [9.17, 15) is 0 Å². The molecule has 0 aromatic heterocycles. The lowest BCUT2D eigenvalue weighted by molar-refractivity contribution is 0.208. The molecule has 2 aromatic rings. The van der Waals surface area contributed by atoms with E-state index < -0.39 is 0 Å². The minimum absolute atomic E-state index is 0.0408. The van der Waals surface area contributed by atoms with E-state index in [0.717, 1.165) is 17.1 Å². The van der Waals surface area contributed by atoms with Crippen LogP contribution < -0.4 is 9.47 Å². The minimum atomic E-state index is 0.0408. The molecule has 0 saturated carbocycles. The summed E-state index contributed by atoms with van der Waals surface area (Å²) in [6.07, 6.45) is 4.18. The second-order valence-corrected chi connectivity index (χ2v) is 6.31. The second-order valence-electron chi connectivity index (χ2n) is 6.31. The van der Waals surface area contributed by atoms with Crippen LogP contribution in [0.1, 0.15) is 53.7 Å². The van der Waals surface area contributed by atoms with Crippen LogP contribution in [-0.4, -0.2) is 7.11 Å². The standard InChI is InChI=1S/C21H24O2/c1-6-7-16-11-18-15(4)20(23-21(18)19(12-16)22-5)17-9-8-13(2)14(3)10-17/h6-12,15,20H,1-5H3/b7-6+. The molecule has 2 aromatic carbocycles. The number of aryl methyl sites for hydroxylation is 2. The minimum Gasteiger partial charge on any atom is -0.493 e. The molecule has 0 amide bonds. The molecule has 0 fully saturated rings. The van der Waals surface area contributed by atoms with E-state index in [4.69, 9.17) is 9.47 Å². The summed E-state index contributed by atoms with van der Waals surface area (Å²) >= 11 is 0. The van der Waals surface area contributed by atoms with Gasteiger partial charge in [0.2, 0.25) is 0 Å². The average molecular weight is 308 g/mol. The quantitative estimate of drug-likeness (QED) is 0.736. The lowest BCUT2D eigenvalue weighted by Gasteiger charge is -2.17. The summed E-state index contributed by atoms with van der Waals surface area (Å²) in [7, 11) is 1.70. The molecule has 0 aliphatic carbocycles. The molecule has 0 saturated heterocycles. The first-order valence-electron chi connectivity index (χ1n) is 8.13. The van der Waals surface area contributed by atoms with Gasteiger partial charge in [-0.1, -0.05) is 37.3 Å². The molecule has 1 aliphatic rings. The smallest absolute Gasteiger partial charge is 0.165 e. The van der Waals surface area contributed by atoms with Crippen LogP contribution in [0.25, 0.3) is 6.08 Å². The van der Waals surface area contributed by atoms with Gasteiger partial charge >= 0.3 is 0 Å². The molecule has 3 rings (SSSR count). The van der Waals surface area contributed by atoms with Crippen molar-refractivity contribution in [3.63, 3.8) is 0 Å². The largest absolute Gasteiger partial charge is 0.493 e. The van der Waals surface area contributed by atoms with Crippen LogP contribution in [0.5, 0.6) is 11.5 Å². The third kappa shape index (κ3) is 2.74. The van der Waals surface area contributed by atoms with Crippen LogP contribution in [0.15, 0.2) is 36.4 Å². The van der Waals surface area contributed by atoms with Gasteiger partial charge in [0.15, 0.2) is 11.5 Å². The maximum absolute atomic E-state index is 6.31. The van der Waals surface area contributed by atoms with E-state index in [2.05, 4.69) is 51.1 Å². The van der Waals surface area contributed by atoms with Gasteiger partial charge in [-0.2, -0.15) is 0 Å². The Bertz CT molecular complexity index is 759. The summed E-state index contributed by atoms with van der Waals surface area (Å²) in [4.78, 5) is 0. The number of benzene rings is 2. The molecule has 2 nitrogen and oxygen atoms in total. The lowest BCUT2D eigenvalue weighted by atomic mass is 9.90. The number of allylic oxidation sites excluding steroid dienone is 1. The zero-order valence-electron chi connectivity index (χ0n) is 14.5. The molecule has 23 heavy (non-hydrogen) atoms. The Morgan fingerprint density at radius 2 is 1.87 bits per heavy atom. The normalized spacial score (nSPS) is 19.7. The van der Waals surface area contributed by atoms with Gasteiger partial charge in [0, 0.05) is 11.5 Å². The highest BCUT2D eigenvalue weighted by Crippen LogP contribution is 2.50. The fourth-order valence-electron chi connectivity index (χ4n) is 3.24. The van der Waals surface area contributed by atoms with E-state index in [-0.39, 0.29) is 6.10 Å². The predicted molar refractivity (Wildman–Crippen MR) is 95.4 cm³/mol. The van der Waals surface area contributed by atoms with Gasteiger partial charge < -0.3 is 9.47 Å². The van der Waals surface area contributed by atoms with Crippen molar-refractivity contribution >= 4 is 6.08 Å². The van der Waals surface area contributed by atoms with E-state index in [1.807, 2.05) is 19.1 Å². The topological polar surface area (TPSA) is 18.5 Å². The summed E-state index contributed by atoms with van der Waals surface area (Å²) in [6, 6.07) is 10.8. The number of hydrogen-bond donors (Lipinski definition) is 0. The third-order valence-electron chi connectivity index (χ3n) is 4.73. The first-order chi connectivity index (χ1) is 11.0. The Labute approximate surface area is 138 Å². The van der Waals surface area contributed by atoms with Crippen molar-refractivity contribution in [2.75, 3.05) is 7.11 Å². The molecule has 2 atom stereocenters. The number of methoxy groups -OCH3 is 1. The van der Waals surface area contributed by atoms with Gasteiger partial charge in [-0.05, 0) is 55.2 Å². The molecule has 0 radical (unpaired) electrons. The van der Waals surface area contributed by atoms with Crippen molar-refractivity contribution in [2.24, 2.45) is 0 Å². The van der Waals surface area contributed by atoms with Crippen LogP contribution in [0.2, 0.25) is 0 Å². The molecule has 2 unspecified atom stereocenters. The van der Waals surface area contributed by atoms with Gasteiger partial charge in [0.05, 0.1) is 7.11 Å². The monoisotopic (exact) mass is 308 g/mol. The number of ether oxygens (including phenoxy) is 2. The van der Waals surface area contributed by atoms with E-state index in [1.54, 1.807) is 7.11 Å². The lowest BCUT2D eigenvalue weighted by Crippen LogP contribution is -2.07. The highest BCUT2D eigenvalue weighted by molar-refractivity contribution is 5.62. The van der Waals surface area contributed by atoms with Crippen molar-refractivity contribution in [2.45, 2.75) is 39.7 Å². The van der Waals surface area contributed by atoms with E-state index in [0.29, 0.717) is 5.92 Å². The van der Waals surface area contributed by atoms with Crippen LogP contribution in [0, 0.1) is 13.8 Å². The molecular formula is C21H24O2. The number of hydrogen-bond acceptors (Lipinski definition) is 2. The molecule has 0 spiro atoms. The first-order valence-corrected chi connectivity index (χ1v) is 8.13. The van der Waals surface area contributed by atoms with Gasteiger partial charge in [-0.25, -0.2) is 0 Å². The van der Waals surface area contributed by atoms with Crippen LogP contribution in [0.4, 0.5) is 0 Å². The zero-order valence-corrected chi connectivity index (χ0v) is 14.5. The van der Waals surface area contributed by atoms with Crippen molar-refractivity contribution in [1.29, 1.82) is 0 Å². The SMILES string of the molecule is C/C=C/c1cc(OC)c2c(c1)C(C)C(c1ccc(C)c(C)c1)O2. The Morgan fingerprint density at radius 3 is 2.52 bits per heavy atom.